The van der Waals surface area contributed by atoms with Crippen LogP contribution in [0.1, 0.15) is 36.4 Å². The summed E-state index contributed by atoms with van der Waals surface area (Å²) in [6, 6.07) is 20.0. The highest BCUT2D eigenvalue weighted by atomic mass is 16.2. The summed E-state index contributed by atoms with van der Waals surface area (Å²) in [7, 11) is 0. The number of carbonyl (C=O) groups is 1. The van der Waals surface area contributed by atoms with E-state index in [0.29, 0.717) is 6.54 Å². The molecule has 0 heterocycles. The van der Waals surface area contributed by atoms with Crippen LogP contribution in [0.25, 0.3) is 0 Å². The summed E-state index contributed by atoms with van der Waals surface area (Å²) < 4.78 is 0. The molecule has 3 heteroatoms. The standard InChI is InChI=1S/C20H24N2O/c21-18(17-10-5-2-6-11-17)15-22-19(23)20(12-7-13-20)14-16-8-3-1-4-9-16/h1-6,8-11,18H,7,12-15,21H2,(H,22,23). The minimum absolute atomic E-state index is 0.152. The Labute approximate surface area is 137 Å². The molecule has 0 aromatic heterocycles. The number of rotatable bonds is 6. The maximum atomic E-state index is 12.7. The minimum Gasteiger partial charge on any atom is -0.354 e. The number of hydrogen-bond acceptors (Lipinski definition) is 2. The summed E-state index contributed by atoms with van der Waals surface area (Å²) in [6.07, 6.45) is 3.88. The molecule has 1 amide bonds. The van der Waals surface area contributed by atoms with Gasteiger partial charge in [0.15, 0.2) is 0 Å². The zero-order chi connectivity index (χ0) is 16.1. The SMILES string of the molecule is NC(CNC(=O)C1(Cc2ccccc2)CCC1)c1ccccc1. The zero-order valence-corrected chi connectivity index (χ0v) is 13.4. The molecule has 0 aliphatic heterocycles. The summed E-state index contributed by atoms with van der Waals surface area (Å²) in [6.45, 7) is 0.486. The molecule has 0 saturated heterocycles. The van der Waals surface area contributed by atoms with Crippen molar-refractivity contribution in [2.24, 2.45) is 11.1 Å². The predicted octanol–water partition coefficient (Wildman–Crippen LogP) is 3.22. The monoisotopic (exact) mass is 308 g/mol. The first-order valence-electron chi connectivity index (χ1n) is 8.32. The van der Waals surface area contributed by atoms with E-state index in [4.69, 9.17) is 5.73 Å². The van der Waals surface area contributed by atoms with E-state index < -0.39 is 0 Å². The quantitative estimate of drug-likeness (QED) is 0.861. The Hall–Kier alpha value is -2.13. The molecule has 1 aliphatic carbocycles. The van der Waals surface area contributed by atoms with E-state index in [1.54, 1.807) is 0 Å². The smallest absolute Gasteiger partial charge is 0.226 e. The Kier molecular flexibility index (Phi) is 4.77. The molecule has 3 nitrogen and oxygen atoms in total. The Morgan fingerprint density at radius 1 is 1.04 bits per heavy atom. The molecule has 3 rings (SSSR count). The normalized spacial score (nSPS) is 17.1. The maximum Gasteiger partial charge on any atom is 0.226 e. The second-order valence-electron chi connectivity index (χ2n) is 6.52. The Bertz CT molecular complexity index is 635. The largest absolute Gasteiger partial charge is 0.354 e. The van der Waals surface area contributed by atoms with Crippen molar-refractivity contribution in [1.82, 2.24) is 5.32 Å². The molecule has 0 bridgehead atoms. The number of benzene rings is 2. The fourth-order valence-corrected chi connectivity index (χ4v) is 3.28. The van der Waals surface area contributed by atoms with Gasteiger partial charge in [-0.25, -0.2) is 0 Å². The highest BCUT2D eigenvalue weighted by molar-refractivity contribution is 5.84. The van der Waals surface area contributed by atoms with E-state index in [1.807, 2.05) is 48.5 Å². The lowest BCUT2D eigenvalue weighted by atomic mass is 9.64. The third-order valence-electron chi connectivity index (χ3n) is 4.89. The number of nitrogens with two attached hydrogens (primary N) is 1. The van der Waals surface area contributed by atoms with Gasteiger partial charge < -0.3 is 11.1 Å². The van der Waals surface area contributed by atoms with Gasteiger partial charge in [-0.15, -0.1) is 0 Å². The number of nitrogens with one attached hydrogen (secondary N) is 1. The van der Waals surface area contributed by atoms with Gasteiger partial charge in [-0.3, -0.25) is 4.79 Å². The molecule has 1 aliphatic rings. The fourth-order valence-electron chi connectivity index (χ4n) is 3.28. The second-order valence-corrected chi connectivity index (χ2v) is 6.52. The van der Waals surface area contributed by atoms with Gasteiger partial charge >= 0.3 is 0 Å². The highest BCUT2D eigenvalue weighted by Gasteiger charge is 2.43. The zero-order valence-electron chi connectivity index (χ0n) is 13.4. The molecule has 1 fully saturated rings. The van der Waals surface area contributed by atoms with Crippen molar-refractivity contribution in [3.8, 4) is 0 Å². The van der Waals surface area contributed by atoms with Gasteiger partial charge in [0.2, 0.25) is 5.91 Å². The van der Waals surface area contributed by atoms with Crippen molar-refractivity contribution >= 4 is 5.91 Å². The fraction of sp³-hybridized carbons (Fsp3) is 0.350. The van der Waals surface area contributed by atoms with Crippen LogP contribution in [0.3, 0.4) is 0 Å². The van der Waals surface area contributed by atoms with E-state index >= 15 is 0 Å². The van der Waals surface area contributed by atoms with Crippen molar-refractivity contribution in [3.63, 3.8) is 0 Å². The summed E-state index contributed by atoms with van der Waals surface area (Å²) in [5, 5.41) is 3.08. The van der Waals surface area contributed by atoms with Crippen LogP contribution in [0.15, 0.2) is 60.7 Å². The Morgan fingerprint density at radius 3 is 2.22 bits per heavy atom. The Morgan fingerprint density at radius 2 is 1.65 bits per heavy atom. The number of hydrogen-bond donors (Lipinski definition) is 2. The van der Waals surface area contributed by atoms with E-state index in [-0.39, 0.29) is 17.4 Å². The van der Waals surface area contributed by atoms with Gasteiger partial charge in [0, 0.05) is 12.6 Å². The van der Waals surface area contributed by atoms with E-state index in [1.165, 1.54) is 5.56 Å². The molecule has 1 atom stereocenters. The van der Waals surface area contributed by atoms with Gasteiger partial charge in [-0.05, 0) is 30.4 Å². The van der Waals surface area contributed by atoms with Crippen molar-refractivity contribution in [3.05, 3.63) is 71.8 Å². The summed E-state index contributed by atoms with van der Waals surface area (Å²) >= 11 is 0. The molecule has 3 N–H and O–H groups in total. The predicted molar refractivity (Wildman–Crippen MR) is 92.8 cm³/mol. The first-order chi connectivity index (χ1) is 11.2. The van der Waals surface area contributed by atoms with Crippen LogP contribution in [0, 0.1) is 5.41 Å². The van der Waals surface area contributed by atoms with E-state index in [9.17, 15) is 4.79 Å². The topological polar surface area (TPSA) is 55.1 Å². The summed E-state index contributed by atoms with van der Waals surface area (Å²) in [5.41, 5.74) is 8.23. The van der Waals surface area contributed by atoms with Crippen LogP contribution in [-0.4, -0.2) is 12.5 Å². The average molecular weight is 308 g/mol. The van der Waals surface area contributed by atoms with Crippen molar-refractivity contribution in [1.29, 1.82) is 0 Å². The van der Waals surface area contributed by atoms with Crippen molar-refractivity contribution in [2.45, 2.75) is 31.7 Å². The summed E-state index contributed by atoms with van der Waals surface area (Å²) in [5.74, 6) is 0.152. The maximum absolute atomic E-state index is 12.7. The first-order valence-corrected chi connectivity index (χ1v) is 8.32. The van der Waals surface area contributed by atoms with Gasteiger partial charge in [0.25, 0.3) is 0 Å². The van der Waals surface area contributed by atoms with Crippen LogP contribution < -0.4 is 11.1 Å². The highest BCUT2D eigenvalue weighted by Crippen LogP contribution is 2.44. The molecule has 1 saturated carbocycles. The number of carbonyl (C=O) groups excluding carboxylic acids is 1. The van der Waals surface area contributed by atoms with Gasteiger partial charge in [-0.2, -0.15) is 0 Å². The molecule has 120 valence electrons. The van der Waals surface area contributed by atoms with E-state index in [0.717, 1.165) is 31.2 Å². The minimum atomic E-state index is -0.238. The van der Waals surface area contributed by atoms with Crippen molar-refractivity contribution < 1.29 is 4.79 Å². The van der Waals surface area contributed by atoms with Crippen molar-refractivity contribution in [2.75, 3.05) is 6.54 Å². The lowest BCUT2D eigenvalue weighted by Gasteiger charge is -2.40. The first kappa shape index (κ1) is 15.8. The van der Waals surface area contributed by atoms with Gasteiger partial charge in [0.1, 0.15) is 0 Å². The van der Waals surface area contributed by atoms with E-state index in [2.05, 4.69) is 17.4 Å². The number of amides is 1. The molecule has 0 radical (unpaired) electrons. The van der Waals surface area contributed by atoms with Crippen LogP contribution in [0.2, 0.25) is 0 Å². The molecular weight excluding hydrogens is 284 g/mol. The van der Waals surface area contributed by atoms with Gasteiger partial charge in [-0.1, -0.05) is 67.1 Å². The van der Waals surface area contributed by atoms with Crippen LogP contribution in [0.5, 0.6) is 0 Å². The van der Waals surface area contributed by atoms with Crippen LogP contribution in [0.4, 0.5) is 0 Å². The van der Waals surface area contributed by atoms with Gasteiger partial charge in [0.05, 0.1) is 5.41 Å². The van der Waals surface area contributed by atoms with Crippen LogP contribution in [-0.2, 0) is 11.2 Å². The molecule has 23 heavy (non-hydrogen) atoms. The molecular formula is C20H24N2O. The lowest BCUT2D eigenvalue weighted by molar-refractivity contribution is -0.136. The molecule has 1 unspecified atom stereocenters. The third-order valence-corrected chi connectivity index (χ3v) is 4.89. The summed E-state index contributed by atoms with van der Waals surface area (Å²) in [4.78, 5) is 12.7. The second kappa shape index (κ2) is 6.97. The third kappa shape index (κ3) is 3.62. The van der Waals surface area contributed by atoms with Crippen LogP contribution >= 0.6 is 0 Å². The Balaban J connectivity index is 1.60. The average Bonchev–Trinajstić information content (AvgIpc) is 2.57. The molecule has 0 spiro atoms. The lowest BCUT2D eigenvalue weighted by Crippen LogP contribution is -2.48. The molecule has 2 aromatic rings. The molecule has 2 aromatic carbocycles.